The first-order valence-corrected chi connectivity index (χ1v) is 3.86. The van der Waals surface area contributed by atoms with Crippen LogP contribution in [0.4, 0.5) is 0 Å². The van der Waals surface area contributed by atoms with Crippen LogP contribution in [0.3, 0.4) is 0 Å². The van der Waals surface area contributed by atoms with E-state index in [0.29, 0.717) is 5.92 Å². The summed E-state index contributed by atoms with van der Waals surface area (Å²) in [6.07, 6.45) is 1.22. The fourth-order valence-electron chi connectivity index (χ4n) is 0.911. The first kappa shape index (κ1) is 9.92. The lowest BCUT2D eigenvalue weighted by Gasteiger charge is -2.19. The van der Waals surface area contributed by atoms with Gasteiger partial charge in [-0.1, -0.05) is 13.8 Å². The van der Waals surface area contributed by atoms with Gasteiger partial charge in [0.1, 0.15) is 0 Å². The summed E-state index contributed by atoms with van der Waals surface area (Å²) < 4.78 is 5.09. The Morgan fingerprint density at radius 2 is 1.80 bits per heavy atom. The molecule has 0 saturated carbocycles. The highest BCUT2D eigenvalue weighted by molar-refractivity contribution is 4.69. The van der Waals surface area contributed by atoms with Gasteiger partial charge in [0.05, 0.1) is 6.10 Å². The third kappa shape index (κ3) is 3.85. The Hall–Kier alpha value is -0.0800. The second kappa shape index (κ2) is 4.69. The van der Waals surface area contributed by atoms with Gasteiger partial charge in [0, 0.05) is 13.2 Å². The first-order valence-electron chi connectivity index (χ1n) is 3.86. The zero-order valence-electron chi connectivity index (χ0n) is 7.42. The van der Waals surface area contributed by atoms with Crippen molar-refractivity contribution >= 4 is 0 Å². The zero-order valence-corrected chi connectivity index (χ0v) is 7.42. The monoisotopic (exact) mass is 145 g/mol. The van der Waals surface area contributed by atoms with E-state index in [1.54, 1.807) is 7.11 Å². The molecule has 2 N–H and O–H groups in total. The summed E-state index contributed by atoms with van der Waals surface area (Å²) in [6.45, 7) is 6.34. The van der Waals surface area contributed by atoms with Crippen molar-refractivity contribution in [1.82, 2.24) is 0 Å². The molecule has 0 aliphatic heterocycles. The van der Waals surface area contributed by atoms with E-state index in [1.807, 2.05) is 6.92 Å². The van der Waals surface area contributed by atoms with Crippen LogP contribution < -0.4 is 5.73 Å². The van der Waals surface area contributed by atoms with Crippen LogP contribution in [-0.4, -0.2) is 19.3 Å². The van der Waals surface area contributed by atoms with E-state index < -0.39 is 0 Å². The molecule has 0 aromatic rings. The van der Waals surface area contributed by atoms with Crippen LogP contribution in [0.5, 0.6) is 0 Å². The number of methoxy groups -OCH3 is 1. The summed E-state index contributed by atoms with van der Waals surface area (Å²) in [4.78, 5) is 0. The second-order valence-electron chi connectivity index (χ2n) is 3.23. The summed E-state index contributed by atoms with van der Waals surface area (Å²) in [5, 5.41) is 0. The molecule has 0 unspecified atom stereocenters. The highest BCUT2D eigenvalue weighted by Crippen LogP contribution is 2.07. The molecule has 0 aromatic heterocycles. The van der Waals surface area contributed by atoms with Crippen LogP contribution in [0.1, 0.15) is 27.2 Å². The van der Waals surface area contributed by atoms with Crippen LogP contribution in [-0.2, 0) is 4.74 Å². The van der Waals surface area contributed by atoms with Crippen LogP contribution in [0, 0.1) is 5.92 Å². The molecule has 2 atom stereocenters. The van der Waals surface area contributed by atoms with Gasteiger partial charge in [-0.25, -0.2) is 0 Å². The maximum absolute atomic E-state index is 5.80. The molecule has 0 aliphatic carbocycles. The molecule has 10 heavy (non-hydrogen) atoms. The zero-order chi connectivity index (χ0) is 8.15. The molecule has 0 radical (unpaired) electrons. The van der Waals surface area contributed by atoms with Crippen molar-refractivity contribution in [3.05, 3.63) is 0 Å². The third-order valence-corrected chi connectivity index (χ3v) is 1.72. The third-order valence-electron chi connectivity index (χ3n) is 1.72. The van der Waals surface area contributed by atoms with E-state index in [1.165, 1.54) is 0 Å². The molecule has 0 heterocycles. The van der Waals surface area contributed by atoms with Gasteiger partial charge >= 0.3 is 0 Å². The van der Waals surface area contributed by atoms with Gasteiger partial charge in [-0.15, -0.1) is 0 Å². The number of nitrogens with two attached hydrogens (primary N) is 1. The maximum atomic E-state index is 5.80. The standard InChI is InChI=1S/C8H19NO/c1-6(2)5-8(9)7(3)10-4/h6-8H,5,9H2,1-4H3/t7-,8+/m1/s1. The van der Waals surface area contributed by atoms with Crippen LogP contribution in [0.15, 0.2) is 0 Å². The molecule has 0 saturated heterocycles. The Morgan fingerprint density at radius 3 is 2.10 bits per heavy atom. The predicted molar refractivity (Wildman–Crippen MR) is 43.9 cm³/mol. The fourth-order valence-corrected chi connectivity index (χ4v) is 0.911. The minimum atomic E-state index is 0.183. The Morgan fingerprint density at radius 1 is 1.30 bits per heavy atom. The van der Waals surface area contributed by atoms with Crippen LogP contribution >= 0.6 is 0 Å². The van der Waals surface area contributed by atoms with Gasteiger partial charge < -0.3 is 10.5 Å². The Balaban J connectivity index is 3.50. The van der Waals surface area contributed by atoms with E-state index in [9.17, 15) is 0 Å². The predicted octanol–water partition coefficient (Wildman–Crippen LogP) is 1.39. The largest absolute Gasteiger partial charge is 0.380 e. The number of ether oxygens (including phenoxy) is 1. The van der Waals surface area contributed by atoms with Gasteiger partial charge in [0.25, 0.3) is 0 Å². The highest BCUT2D eigenvalue weighted by Gasteiger charge is 2.12. The minimum absolute atomic E-state index is 0.183. The first-order chi connectivity index (χ1) is 4.57. The van der Waals surface area contributed by atoms with Crippen molar-refractivity contribution in [2.24, 2.45) is 11.7 Å². The number of rotatable bonds is 4. The van der Waals surface area contributed by atoms with Gasteiger partial charge in [-0.2, -0.15) is 0 Å². The van der Waals surface area contributed by atoms with E-state index in [0.717, 1.165) is 6.42 Å². The second-order valence-corrected chi connectivity index (χ2v) is 3.23. The molecule has 2 nitrogen and oxygen atoms in total. The smallest absolute Gasteiger partial charge is 0.0694 e. The van der Waals surface area contributed by atoms with Gasteiger partial charge in [0.2, 0.25) is 0 Å². The molecule has 0 aliphatic rings. The fraction of sp³-hybridized carbons (Fsp3) is 1.00. The highest BCUT2D eigenvalue weighted by atomic mass is 16.5. The minimum Gasteiger partial charge on any atom is -0.380 e. The lowest BCUT2D eigenvalue weighted by atomic mass is 10.0. The van der Waals surface area contributed by atoms with Gasteiger partial charge in [-0.3, -0.25) is 0 Å². The lowest BCUT2D eigenvalue weighted by molar-refractivity contribution is 0.0889. The number of hydrogen-bond donors (Lipinski definition) is 1. The average molecular weight is 145 g/mol. The summed E-state index contributed by atoms with van der Waals surface area (Å²) in [6, 6.07) is 0.185. The molecule has 62 valence electrons. The van der Waals surface area contributed by atoms with E-state index in [2.05, 4.69) is 13.8 Å². The topological polar surface area (TPSA) is 35.2 Å². The molecule has 0 bridgehead atoms. The molecular weight excluding hydrogens is 126 g/mol. The van der Waals surface area contributed by atoms with Crippen molar-refractivity contribution in [3.63, 3.8) is 0 Å². The molecule has 0 rings (SSSR count). The summed E-state index contributed by atoms with van der Waals surface area (Å²) in [7, 11) is 1.70. The van der Waals surface area contributed by atoms with Crippen LogP contribution in [0.25, 0.3) is 0 Å². The summed E-state index contributed by atoms with van der Waals surface area (Å²) >= 11 is 0. The lowest BCUT2D eigenvalue weighted by Crippen LogP contribution is -2.34. The molecule has 0 aromatic carbocycles. The number of hydrogen-bond acceptors (Lipinski definition) is 2. The normalized spacial score (nSPS) is 17.4. The van der Waals surface area contributed by atoms with Crippen molar-refractivity contribution in [2.75, 3.05) is 7.11 Å². The summed E-state index contributed by atoms with van der Waals surface area (Å²) in [5.74, 6) is 0.660. The Labute approximate surface area is 63.7 Å². The van der Waals surface area contributed by atoms with Crippen molar-refractivity contribution in [1.29, 1.82) is 0 Å². The summed E-state index contributed by atoms with van der Waals surface area (Å²) in [5.41, 5.74) is 5.80. The van der Waals surface area contributed by atoms with E-state index in [4.69, 9.17) is 10.5 Å². The molecule has 0 spiro atoms. The van der Waals surface area contributed by atoms with Gasteiger partial charge in [0.15, 0.2) is 0 Å². The molecule has 2 heteroatoms. The van der Waals surface area contributed by atoms with Crippen molar-refractivity contribution in [2.45, 2.75) is 39.3 Å². The molecular formula is C8H19NO. The Kier molecular flexibility index (Phi) is 4.65. The van der Waals surface area contributed by atoms with E-state index >= 15 is 0 Å². The van der Waals surface area contributed by atoms with Crippen LogP contribution in [0.2, 0.25) is 0 Å². The average Bonchev–Trinajstić information content (AvgIpc) is 1.85. The van der Waals surface area contributed by atoms with Crippen molar-refractivity contribution in [3.8, 4) is 0 Å². The molecule has 0 fully saturated rings. The van der Waals surface area contributed by atoms with Crippen molar-refractivity contribution < 1.29 is 4.74 Å². The SMILES string of the molecule is CO[C@H](C)[C@@H](N)CC(C)C. The Bertz CT molecular complexity index is 83.3. The maximum Gasteiger partial charge on any atom is 0.0694 e. The van der Waals surface area contributed by atoms with Gasteiger partial charge in [-0.05, 0) is 19.3 Å². The quantitative estimate of drug-likeness (QED) is 0.649. The van der Waals surface area contributed by atoms with E-state index in [-0.39, 0.29) is 12.1 Å². The molecule has 0 amide bonds.